The smallest absolute Gasteiger partial charge is 0.255 e. The van der Waals surface area contributed by atoms with Crippen LogP contribution in [0.15, 0.2) is 54.6 Å². The first-order valence-corrected chi connectivity index (χ1v) is 10.3. The molecule has 3 aromatic rings. The van der Waals surface area contributed by atoms with Gasteiger partial charge in [0, 0.05) is 16.3 Å². The molecule has 0 fully saturated rings. The van der Waals surface area contributed by atoms with E-state index in [-0.39, 0.29) is 5.91 Å². The summed E-state index contributed by atoms with van der Waals surface area (Å²) in [7, 11) is 0. The summed E-state index contributed by atoms with van der Waals surface area (Å²) < 4.78 is 11.6. The van der Waals surface area contributed by atoms with Crippen molar-refractivity contribution in [3.63, 3.8) is 0 Å². The Kier molecular flexibility index (Phi) is 7.24. The maximum Gasteiger partial charge on any atom is 0.255 e. The predicted octanol–water partition coefficient (Wildman–Crippen LogP) is 6.84. The van der Waals surface area contributed by atoms with E-state index >= 15 is 0 Å². The summed E-state index contributed by atoms with van der Waals surface area (Å²) in [4.78, 5) is 12.8. The van der Waals surface area contributed by atoms with Gasteiger partial charge < -0.3 is 14.8 Å². The average molecular weight is 444 g/mol. The molecule has 0 spiro atoms. The van der Waals surface area contributed by atoms with Crippen molar-refractivity contribution in [3.05, 3.63) is 86.9 Å². The summed E-state index contributed by atoms with van der Waals surface area (Å²) in [5.74, 6) is 0.521. The molecule has 3 aromatic carbocycles. The number of rotatable bonds is 7. The number of anilines is 1. The molecule has 1 N–H and O–H groups in total. The molecule has 0 aromatic heterocycles. The normalized spacial score (nSPS) is 10.6. The fourth-order valence-corrected chi connectivity index (χ4v) is 3.30. The molecular weight excluding hydrogens is 421 g/mol. The van der Waals surface area contributed by atoms with E-state index in [2.05, 4.69) is 5.32 Å². The van der Waals surface area contributed by atoms with Crippen molar-refractivity contribution in [1.29, 1.82) is 0 Å². The highest BCUT2D eigenvalue weighted by Crippen LogP contribution is 2.37. The zero-order valence-corrected chi connectivity index (χ0v) is 18.6. The summed E-state index contributed by atoms with van der Waals surface area (Å²) >= 11 is 12.5. The summed E-state index contributed by atoms with van der Waals surface area (Å²) in [6, 6.07) is 16.6. The molecular formula is C24H23Cl2NO3. The molecule has 4 nitrogen and oxygen atoms in total. The largest absolute Gasteiger partial charge is 0.490 e. The Balaban J connectivity index is 1.83. The minimum Gasteiger partial charge on any atom is -0.490 e. The van der Waals surface area contributed by atoms with Gasteiger partial charge in [-0.2, -0.15) is 0 Å². The lowest BCUT2D eigenvalue weighted by atomic mass is 10.1. The van der Waals surface area contributed by atoms with Gasteiger partial charge in [0.1, 0.15) is 6.61 Å². The van der Waals surface area contributed by atoms with Crippen LogP contribution in [0.25, 0.3) is 0 Å². The van der Waals surface area contributed by atoms with Crippen LogP contribution >= 0.6 is 23.2 Å². The fraction of sp³-hybridized carbons (Fsp3) is 0.208. The second kappa shape index (κ2) is 9.88. The van der Waals surface area contributed by atoms with Crippen LogP contribution in [-0.2, 0) is 6.61 Å². The number of nitrogens with one attached hydrogen (secondary N) is 1. The Bertz CT molecular complexity index is 1050. The van der Waals surface area contributed by atoms with Crippen LogP contribution in [0.5, 0.6) is 11.5 Å². The maximum atomic E-state index is 12.8. The standard InChI is InChI=1S/C24H23Cl2NO3/c1-4-29-22-12-18(24(28)27-21-13-19(25)10-7-16(21)3)11-20(26)23(22)30-14-17-8-5-15(2)6-9-17/h5-13H,4,14H2,1-3H3,(H,27,28). The number of carbonyl (C=O) groups excluding carboxylic acids is 1. The van der Waals surface area contributed by atoms with Crippen molar-refractivity contribution in [3.8, 4) is 11.5 Å². The third-order valence-electron chi connectivity index (χ3n) is 4.52. The van der Waals surface area contributed by atoms with Gasteiger partial charge in [0.05, 0.1) is 11.6 Å². The van der Waals surface area contributed by atoms with Crippen molar-refractivity contribution in [2.45, 2.75) is 27.4 Å². The van der Waals surface area contributed by atoms with Crippen LogP contribution in [0, 0.1) is 13.8 Å². The number of benzene rings is 3. The highest BCUT2D eigenvalue weighted by Gasteiger charge is 2.17. The highest BCUT2D eigenvalue weighted by molar-refractivity contribution is 6.33. The third kappa shape index (κ3) is 5.47. The molecule has 30 heavy (non-hydrogen) atoms. The van der Waals surface area contributed by atoms with Gasteiger partial charge in [0.15, 0.2) is 11.5 Å². The zero-order valence-electron chi connectivity index (χ0n) is 17.1. The molecule has 0 heterocycles. The van der Waals surface area contributed by atoms with Gasteiger partial charge in [0.2, 0.25) is 0 Å². The van der Waals surface area contributed by atoms with E-state index < -0.39 is 0 Å². The first kappa shape index (κ1) is 22.0. The molecule has 156 valence electrons. The first-order chi connectivity index (χ1) is 14.4. The lowest BCUT2D eigenvalue weighted by Gasteiger charge is -2.16. The van der Waals surface area contributed by atoms with Crippen LogP contribution in [-0.4, -0.2) is 12.5 Å². The molecule has 0 bridgehead atoms. The minimum atomic E-state index is -0.312. The Morgan fingerprint density at radius 2 is 1.70 bits per heavy atom. The highest BCUT2D eigenvalue weighted by atomic mass is 35.5. The second-order valence-electron chi connectivity index (χ2n) is 6.91. The number of hydrogen-bond acceptors (Lipinski definition) is 3. The van der Waals surface area contributed by atoms with Crippen molar-refractivity contribution in [2.24, 2.45) is 0 Å². The van der Waals surface area contributed by atoms with Crippen LogP contribution in [0.1, 0.15) is 34.0 Å². The maximum absolute atomic E-state index is 12.8. The van der Waals surface area contributed by atoms with Crippen LogP contribution in [0.3, 0.4) is 0 Å². The fourth-order valence-electron chi connectivity index (χ4n) is 2.87. The number of ether oxygens (including phenoxy) is 2. The molecule has 6 heteroatoms. The molecule has 1 amide bonds. The molecule has 0 unspecified atom stereocenters. The van der Waals surface area contributed by atoms with Crippen LogP contribution < -0.4 is 14.8 Å². The van der Waals surface area contributed by atoms with Gasteiger partial charge in [0.25, 0.3) is 5.91 Å². The van der Waals surface area contributed by atoms with E-state index in [1.54, 1.807) is 24.3 Å². The summed E-state index contributed by atoms with van der Waals surface area (Å²) in [6.07, 6.45) is 0. The van der Waals surface area contributed by atoms with Crippen molar-refractivity contribution >= 4 is 34.8 Å². The van der Waals surface area contributed by atoms with Crippen molar-refractivity contribution in [1.82, 2.24) is 0 Å². The van der Waals surface area contributed by atoms with Gasteiger partial charge in [-0.15, -0.1) is 0 Å². The van der Waals surface area contributed by atoms with E-state index in [0.29, 0.717) is 46.0 Å². The molecule has 0 saturated heterocycles. The SMILES string of the molecule is CCOc1cc(C(=O)Nc2cc(Cl)ccc2C)cc(Cl)c1OCc1ccc(C)cc1. The number of amides is 1. The zero-order chi connectivity index (χ0) is 21.7. The summed E-state index contributed by atoms with van der Waals surface area (Å²) in [6.45, 7) is 6.54. The minimum absolute atomic E-state index is 0.307. The Hall–Kier alpha value is -2.69. The number of aryl methyl sites for hydroxylation is 2. The lowest BCUT2D eigenvalue weighted by Crippen LogP contribution is -2.13. The van der Waals surface area contributed by atoms with E-state index in [4.69, 9.17) is 32.7 Å². The number of halogens is 2. The van der Waals surface area contributed by atoms with Crippen LogP contribution in [0.4, 0.5) is 5.69 Å². The first-order valence-electron chi connectivity index (χ1n) is 9.59. The topological polar surface area (TPSA) is 47.6 Å². The molecule has 0 saturated carbocycles. The van der Waals surface area contributed by atoms with E-state index in [1.807, 2.05) is 51.1 Å². The average Bonchev–Trinajstić information content (AvgIpc) is 2.71. The van der Waals surface area contributed by atoms with E-state index in [9.17, 15) is 4.79 Å². The second-order valence-corrected chi connectivity index (χ2v) is 7.75. The number of hydrogen-bond donors (Lipinski definition) is 1. The molecule has 0 aliphatic rings. The quantitative estimate of drug-likeness (QED) is 0.434. The molecule has 0 aliphatic heterocycles. The Labute approximate surface area is 186 Å². The van der Waals surface area contributed by atoms with Crippen molar-refractivity contribution < 1.29 is 14.3 Å². The Morgan fingerprint density at radius 1 is 0.967 bits per heavy atom. The van der Waals surface area contributed by atoms with Gasteiger partial charge in [-0.25, -0.2) is 0 Å². The molecule has 3 rings (SSSR count). The lowest BCUT2D eigenvalue weighted by molar-refractivity contribution is 0.102. The van der Waals surface area contributed by atoms with Gasteiger partial charge in [-0.05, 0) is 56.2 Å². The monoisotopic (exact) mass is 443 g/mol. The van der Waals surface area contributed by atoms with Gasteiger partial charge >= 0.3 is 0 Å². The van der Waals surface area contributed by atoms with E-state index in [1.165, 1.54) is 5.56 Å². The van der Waals surface area contributed by atoms with Gasteiger partial charge in [-0.3, -0.25) is 4.79 Å². The van der Waals surface area contributed by atoms with E-state index in [0.717, 1.165) is 11.1 Å². The van der Waals surface area contributed by atoms with Gasteiger partial charge in [-0.1, -0.05) is 59.1 Å². The molecule has 0 radical (unpaired) electrons. The molecule has 0 atom stereocenters. The Morgan fingerprint density at radius 3 is 2.40 bits per heavy atom. The van der Waals surface area contributed by atoms with Crippen LogP contribution in [0.2, 0.25) is 10.0 Å². The predicted molar refractivity (Wildman–Crippen MR) is 122 cm³/mol. The molecule has 0 aliphatic carbocycles. The van der Waals surface area contributed by atoms with Crippen molar-refractivity contribution in [2.75, 3.05) is 11.9 Å². The summed E-state index contributed by atoms with van der Waals surface area (Å²) in [5, 5.41) is 3.72. The third-order valence-corrected chi connectivity index (χ3v) is 5.04. The summed E-state index contributed by atoms with van der Waals surface area (Å²) in [5.41, 5.74) is 4.10. The number of carbonyl (C=O) groups is 1.